The molecule has 7 heteroatoms. The average molecular weight is 345 g/mol. The predicted molar refractivity (Wildman–Crippen MR) is 89.9 cm³/mol. The van der Waals surface area contributed by atoms with Gasteiger partial charge < -0.3 is 5.32 Å². The summed E-state index contributed by atoms with van der Waals surface area (Å²) < 4.78 is 26.8. The summed E-state index contributed by atoms with van der Waals surface area (Å²) in [5.74, 6) is -0.271. The third kappa shape index (κ3) is 3.98. The highest BCUT2D eigenvalue weighted by Gasteiger charge is 2.28. The number of amides is 1. The van der Waals surface area contributed by atoms with E-state index in [9.17, 15) is 13.2 Å². The highest BCUT2D eigenvalue weighted by atomic mass is 32.2. The van der Waals surface area contributed by atoms with Crippen LogP contribution in [-0.4, -0.2) is 25.4 Å². The number of carbonyl (C=O) groups excluding carboxylic acids is 1. The van der Waals surface area contributed by atoms with Crippen molar-refractivity contribution in [2.24, 2.45) is 0 Å². The number of sulfonamides is 1. The van der Waals surface area contributed by atoms with Crippen molar-refractivity contribution in [1.82, 2.24) is 15.0 Å². The fourth-order valence-electron chi connectivity index (χ4n) is 2.26. The van der Waals surface area contributed by atoms with Crippen LogP contribution in [0.4, 0.5) is 0 Å². The number of hydrogen-bond acceptors (Lipinski definition) is 4. The van der Waals surface area contributed by atoms with E-state index in [1.54, 1.807) is 6.20 Å². The van der Waals surface area contributed by atoms with E-state index in [1.807, 2.05) is 25.1 Å². The van der Waals surface area contributed by atoms with Crippen molar-refractivity contribution < 1.29 is 13.2 Å². The van der Waals surface area contributed by atoms with Crippen molar-refractivity contribution in [3.63, 3.8) is 0 Å². The molecule has 2 N–H and O–H groups in total. The first-order chi connectivity index (χ1) is 11.5. The van der Waals surface area contributed by atoms with Gasteiger partial charge in [0.05, 0.1) is 16.6 Å². The standard InChI is InChI=1S/C17H19N3O3S/c1-12(16-4-2-3-11-18-16)19-17(21)13-5-9-15(10-6-13)24(22,23)20-14-7-8-14/h2-6,9-12,14,20H,7-8H2,1H3,(H,19,21). The van der Waals surface area contributed by atoms with Crippen LogP contribution in [0.25, 0.3) is 0 Å². The molecular formula is C17H19N3O3S. The van der Waals surface area contributed by atoms with Gasteiger partial charge in [-0.1, -0.05) is 6.07 Å². The molecule has 2 aromatic rings. The minimum Gasteiger partial charge on any atom is -0.344 e. The number of nitrogens with zero attached hydrogens (tertiary/aromatic N) is 1. The molecular weight excluding hydrogens is 326 g/mol. The summed E-state index contributed by atoms with van der Waals surface area (Å²) >= 11 is 0. The van der Waals surface area contributed by atoms with Crippen LogP contribution in [0.2, 0.25) is 0 Å². The summed E-state index contributed by atoms with van der Waals surface area (Å²) in [6, 6.07) is 11.3. The normalized spacial score (nSPS) is 15.7. The third-order valence-electron chi connectivity index (χ3n) is 3.80. The second-order valence-corrected chi connectivity index (χ2v) is 7.58. The lowest BCUT2D eigenvalue weighted by Gasteiger charge is -2.13. The Morgan fingerprint density at radius 3 is 2.46 bits per heavy atom. The van der Waals surface area contributed by atoms with Crippen molar-refractivity contribution in [3.8, 4) is 0 Å². The summed E-state index contributed by atoms with van der Waals surface area (Å²) in [6.07, 6.45) is 3.43. The lowest BCUT2D eigenvalue weighted by atomic mass is 10.1. The second-order valence-electron chi connectivity index (χ2n) is 5.87. The van der Waals surface area contributed by atoms with Gasteiger partial charge in [0.25, 0.3) is 5.91 Å². The average Bonchev–Trinajstić information content (AvgIpc) is 3.39. The Kier molecular flexibility index (Phi) is 4.64. The Bertz CT molecular complexity index is 816. The third-order valence-corrected chi connectivity index (χ3v) is 5.34. The molecule has 1 amide bonds. The maximum atomic E-state index is 12.3. The number of benzene rings is 1. The van der Waals surface area contributed by atoms with E-state index in [0.717, 1.165) is 18.5 Å². The molecule has 1 aromatic heterocycles. The largest absolute Gasteiger partial charge is 0.344 e. The summed E-state index contributed by atoms with van der Waals surface area (Å²) in [5, 5.41) is 2.85. The smallest absolute Gasteiger partial charge is 0.251 e. The van der Waals surface area contributed by atoms with Gasteiger partial charge in [0, 0.05) is 17.8 Å². The van der Waals surface area contributed by atoms with Crippen LogP contribution in [0, 0.1) is 0 Å². The van der Waals surface area contributed by atoms with Crippen LogP contribution in [0.1, 0.15) is 41.9 Å². The van der Waals surface area contributed by atoms with Gasteiger partial charge in [-0.05, 0) is 56.2 Å². The van der Waals surface area contributed by atoms with E-state index in [2.05, 4.69) is 15.0 Å². The lowest BCUT2D eigenvalue weighted by molar-refractivity contribution is 0.0939. The van der Waals surface area contributed by atoms with Gasteiger partial charge in [-0.25, -0.2) is 13.1 Å². The number of aromatic nitrogens is 1. The molecule has 0 spiro atoms. The summed E-state index contributed by atoms with van der Waals surface area (Å²) in [6.45, 7) is 1.85. The zero-order chi connectivity index (χ0) is 17.2. The molecule has 0 aliphatic heterocycles. The van der Waals surface area contributed by atoms with Crippen LogP contribution in [0.5, 0.6) is 0 Å². The van der Waals surface area contributed by atoms with Gasteiger partial charge in [0.15, 0.2) is 0 Å². The predicted octanol–water partition coefficient (Wildman–Crippen LogP) is 2.01. The molecule has 0 bridgehead atoms. The van der Waals surface area contributed by atoms with Gasteiger partial charge in [0.1, 0.15) is 0 Å². The summed E-state index contributed by atoms with van der Waals surface area (Å²) in [4.78, 5) is 16.6. The minimum atomic E-state index is -3.50. The maximum Gasteiger partial charge on any atom is 0.251 e. The first kappa shape index (κ1) is 16.6. The van der Waals surface area contributed by atoms with E-state index in [4.69, 9.17) is 0 Å². The van der Waals surface area contributed by atoms with Crippen molar-refractivity contribution in [1.29, 1.82) is 0 Å². The molecule has 1 aliphatic carbocycles. The van der Waals surface area contributed by atoms with Crippen LogP contribution < -0.4 is 10.0 Å². The van der Waals surface area contributed by atoms with Crippen molar-refractivity contribution in [2.45, 2.75) is 36.7 Å². The fraction of sp³-hybridized carbons (Fsp3) is 0.294. The van der Waals surface area contributed by atoms with E-state index in [0.29, 0.717) is 5.56 Å². The number of nitrogens with one attached hydrogen (secondary N) is 2. The van der Waals surface area contributed by atoms with Crippen molar-refractivity contribution in [2.75, 3.05) is 0 Å². The monoisotopic (exact) mass is 345 g/mol. The van der Waals surface area contributed by atoms with Gasteiger partial charge in [-0.15, -0.1) is 0 Å². The zero-order valence-electron chi connectivity index (χ0n) is 13.3. The first-order valence-corrected chi connectivity index (χ1v) is 9.28. The van der Waals surface area contributed by atoms with Crippen molar-refractivity contribution >= 4 is 15.9 Å². The van der Waals surface area contributed by atoms with Gasteiger partial charge in [0.2, 0.25) is 10.0 Å². The van der Waals surface area contributed by atoms with E-state index < -0.39 is 10.0 Å². The molecule has 0 saturated heterocycles. The molecule has 24 heavy (non-hydrogen) atoms. The molecule has 1 unspecified atom stereocenters. The van der Waals surface area contributed by atoms with Crippen molar-refractivity contribution in [3.05, 3.63) is 59.9 Å². The van der Waals surface area contributed by atoms with Crippen LogP contribution in [-0.2, 0) is 10.0 Å². The summed E-state index contributed by atoms with van der Waals surface area (Å²) in [7, 11) is -3.50. The Morgan fingerprint density at radius 1 is 1.17 bits per heavy atom. The number of carbonyl (C=O) groups is 1. The van der Waals surface area contributed by atoms with Gasteiger partial charge in [-0.2, -0.15) is 0 Å². The van der Waals surface area contributed by atoms with Gasteiger partial charge in [-0.3, -0.25) is 9.78 Å². The highest BCUT2D eigenvalue weighted by Crippen LogP contribution is 2.22. The SMILES string of the molecule is CC(NC(=O)c1ccc(S(=O)(=O)NC2CC2)cc1)c1ccccn1. The molecule has 126 valence electrons. The van der Waals surface area contributed by atoms with Crippen LogP contribution >= 0.6 is 0 Å². The number of hydrogen-bond donors (Lipinski definition) is 2. The number of rotatable bonds is 6. The fourth-order valence-corrected chi connectivity index (χ4v) is 3.57. The second kappa shape index (κ2) is 6.70. The molecule has 0 radical (unpaired) electrons. The summed E-state index contributed by atoms with van der Waals surface area (Å²) in [5.41, 5.74) is 1.17. The van der Waals surface area contributed by atoms with Crippen LogP contribution in [0.3, 0.4) is 0 Å². The Balaban J connectivity index is 1.67. The molecule has 1 saturated carbocycles. The molecule has 1 atom stereocenters. The minimum absolute atomic E-state index is 0.0530. The zero-order valence-corrected chi connectivity index (χ0v) is 14.1. The molecule has 1 heterocycles. The van der Waals surface area contributed by atoms with E-state index in [-0.39, 0.29) is 22.9 Å². The van der Waals surface area contributed by atoms with Crippen LogP contribution in [0.15, 0.2) is 53.6 Å². The van der Waals surface area contributed by atoms with Gasteiger partial charge >= 0.3 is 0 Å². The molecule has 3 rings (SSSR count). The molecule has 1 aliphatic rings. The maximum absolute atomic E-state index is 12.3. The highest BCUT2D eigenvalue weighted by molar-refractivity contribution is 7.89. The van der Waals surface area contributed by atoms with E-state index >= 15 is 0 Å². The Morgan fingerprint density at radius 2 is 1.88 bits per heavy atom. The van der Waals surface area contributed by atoms with E-state index in [1.165, 1.54) is 24.3 Å². The topological polar surface area (TPSA) is 88.2 Å². The Labute approximate surface area is 141 Å². The number of pyridine rings is 1. The molecule has 1 aromatic carbocycles. The lowest BCUT2D eigenvalue weighted by Crippen LogP contribution is -2.28. The molecule has 1 fully saturated rings. The quantitative estimate of drug-likeness (QED) is 0.838. The molecule has 6 nitrogen and oxygen atoms in total. The Hall–Kier alpha value is -2.25. The first-order valence-electron chi connectivity index (χ1n) is 7.80.